The van der Waals surface area contributed by atoms with Crippen molar-refractivity contribution in [1.82, 2.24) is 0 Å². The zero-order chi connectivity index (χ0) is 37.6. The van der Waals surface area contributed by atoms with Crippen molar-refractivity contribution in [1.29, 1.82) is 0 Å². The zero-order valence-corrected chi connectivity index (χ0v) is 30.6. The van der Waals surface area contributed by atoms with Crippen molar-refractivity contribution in [3.05, 3.63) is 85.1 Å². The van der Waals surface area contributed by atoms with E-state index in [1.165, 1.54) is 27.3 Å². The Morgan fingerprint density at radius 1 is 0.686 bits per heavy atom. The summed E-state index contributed by atoms with van der Waals surface area (Å²) in [5.41, 5.74) is 0. The number of aliphatic hydroxyl groups excluding tert-OH is 7. The Bertz CT molecular complexity index is 1240. The van der Waals surface area contributed by atoms with Crippen LogP contribution in [-0.4, -0.2) is 138 Å². The van der Waals surface area contributed by atoms with Crippen LogP contribution in [0, 0.1) is 5.92 Å². The molecule has 282 valence electrons. The molecule has 2 bridgehead atoms. The molecule has 0 radical (unpaired) electrons. The van der Waals surface area contributed by atoms with E-state index in [-0.39, 0.29) is 64.4 Å². The second-order valence-electron chi connectivity index (χ2n) is 13.2. The van der Waals surface area contributed by atoms with Crippen molar-refractivity contribution in [2.45, 2.75) is 125 Å². The van der Waals surface area contributed by atoms with Crippen LogP contribution in [0.15, 0.2) is 85.1 Å². The number of hydrogen-bond donors (Lipinski definition) is 9. The van der Waals surface area contributed by atoms with E-state index >= 15 is 0 Å². The maximum absolute atomic E-state index is 11.9. The average molecular weight is 729 g/mol. The molecule has 2 aliphatic heterocycles. The van der Waals surface area contributed by atoms with Crippen LogP contribution in [0.25, 0.3) is 0 Å². The van der Waals surface area contributed by atoms with Gasteiger partial charge in [0.05, 0.1) is 18.1 Å². The summed E-state index contributed by atoms with van der Waals surface area (Å²) in [5, 5.41) is 94.1. The average Bonchev–Trinajstić information content (AvgIpc) is 3.04. The smallest absolute Gasteiger partial charge is 0.389 e. The Balaban J connectivity index is 2.07. The SMILES string of the molecule is O=C(O)[C@@H]1CCC2(O)CC(O)CC(O)[C@H](O)CCC(O)CC(O)C[C](=[Mg])OCCC(O)C/C=C/C=C/C=C/C=C/C=C/C=C/C=C/C(O)CC1O2. The second kappa shape index (κ2) is 24.9. The molecule has 0 aromatic heterocycles. The predicted octanol–water partition coefficient (Wildman–Crippen LogP) is 1.81. The normalized spacial score (nSPS) is 39.7. The molecule has 2 aliphatic rings. The van der Waals surface area contributed by atoms with Gasteiger partial charge in [-0.25, -0.2) is 0 Å². The monoisotopic (exact) mass is 728 g/mol. The molecule has 0 saturated carbocycles. The van der Waals surface area contributed by atoms with Crippen LogP contribution in [0.3, 0.4) is 0 Å². The zero-order valence-electron chi connectivity index (χ0n) is 29.2. The van der Waals surface area contributed by atoms with Crippen molar-refractivity contribution in [2.75, 3.05) is 6.61 Å². The van der Waals surface area contributed by atoms with Crippen molar-refractivity contribution in [3.8, 4) is 0 Å². The van der Waals surface area contributed by atoms with Gasteiger partial charge in [0, 0.05) is 12.8 Å². The molecule has 1 fully saturated rings. The topological polar surface area (TPSA) is 218 Å². The molecule has 0 amide bonds. The Morgan fingerprint density at radius 2 is 1.29 bits per heavy atom. The van der Waals surface area contributed by atoms with E-state index in [1.54, 1.807) is 24.3 Å². The van der Waals surface area contributed by atoms with Gasteiger partial charge in [0.15, 0.2) is 5.79 Å². The molecule has 51 heavy (non-hydrogen) atoms. The van der Waals surface area contributed by atoms with Crippen molar-refractivity contribution < 1.29 is 60.2 Å². The van der Waals surface area contributed by atoms with E-state index < -0.39 is 66.5 Å². The Kier molecular flexibility index (Phi) is 21.9. The molecule has 1 saturated heterocycles. The first-order valence-corrected chi connectivity index (χ1v) is 18.4. The van der Waals surface area contributed by atoms with Gasteiger partial charge in [-0.3, -0.25) is 4.79 Å². The fourth-order valence-corrected chi connectivity index (χ4v) is 6.31. The molecular formula is C38H56MgO12. The molecule has 2 rings (SSSR count). The van der Waals surface area contributed by atoms with Gasteiger partial charge in [-0.15, -0.1) is 0 Å². The summed E-state index contributed by atoms with van der Waals surface area (Å²) >= 11 is 1.48. The third-order valence-corrected chi connectivity index (χ3v) is 9.12. The van der Waals surface area contributed by atoms with Crippen LogP contribution < -0.4 is 0 Å². The minimum atomic E-state index is -1.91. The van der Waals surface area contributed by atoms with Crippen molar-refractivity contribution in [3.63, 3.8) is 0 Å². The van der Waals surface area contributed by atoms with E-state index in [0.717, 1.165) is 0 Å². The molecule has 9 N–H and O–H groups in total. The van der Waals surface area contributed by atoms with E-state index in [0.29, 0.717) is 16.7 Å². The number of carboxylic acids is 1. The minimum Gasteiger partial charge on any atom is -0.389 e. The summed E-state index contributed by atoms with van der Waals surface area (Å²) < 4.78 is 12.0. The van der Waals surface area contributed by atoms with Gasteiger partial charge in [-0.05, 0) is 6.42 Å². The van der Waals surface area contributed by atoms with Gasteiger partial charge < -0.3 is 20.1 Å². The number of aliphatic hydroxyl groups is 8. The summed E-state index contributed by atoms with van der Waals surface area (Å²) in [5.74, 6) is -4.02. The van der Waals surface area contributed by atoms with E-state index in [4.69, 9.17) is 9.47 Å². The molecule has 12 nitrogen and oxygen atoms in total. The van der Waals surface area contributed by atoms with Gasteiger partial charge >= 0.3 is 197 Å². The second-order valence-corrected chi connectivity index (χ2v) is 14.0. The van der Waals surface area contributed by atoms with Crippen LogP contribution in [0.1, 0.15) is 70.6 Å². The molecule has 8 unspecified atom stereocenters. The van der Waals surface area contributed by atoms with Crippen LogP contribution in [0.5, 0.6) is 0 Å². The fourth-order valence-electron chi connectivity index (χ4n) is 5.84. The molecule has 2 heterocycles. The summed E-state index contributed by atoms with van der Waals surface area (Å²) in [6, 6.07) is 0. The third-order valence-electron chi connectivity index (χ3n) is 8.63. The number of rotatable bonds is 1. The van der Waals surface area contributed by atoms with Crippen LogP contribution in [0.4, 0.5) is 0 Å². The maximum atomic E-state index is 11.9. The first-order chi connectivity index (χ1) is 24.3. The van der Waals surface area contributed by atoms with Crippen LogP contribution in [-0.2, 0) is 14.3 Å². The molecule has 13 heteroatoms. The van der Waals surface area contributed by atoms with Gasteiger partial charge in [0.1, 0.15) is 0 Å². The molecule has 0 aromatic carbocycles. The first kappa shape index (κ1) is 44.9. The molecule has 0 aromatic rings. The summed E-state index contributed by atoms with van der Waals surface area (Å²) in [4.78, 5) is 11.9. The molecule has 0 spiro atoms. The number of ether oxygens (including phenoxy) is 2. The van der Waals surface area contributed by atoms with Gasteiger partial charge in [-0.2, -0.15) is 0 Å². The quantitative estimate of drug-likeness (QED) is 0.177. The number of hydrogen-bond acceptors (Lipinski definition) is 11. The number of allylic oxidation sites excluding steroid dienone is 12. The summed E-state index contributed by atoms with van der Waals surface area (Å²) in [6.07, 6.45) is 16.7. The number of aliphatic carboxylic acids is 1. The third kappa shape index (κ3) is 19.9. The van der Waals surface area contributed by atoms with E-state index in [1.807, 2.05) is 54.7 Å². The molecule has 10 atom stereocenters. The van der Waals surface area contributed by atoms with Crippen LogP contribution in [0.2, 0.25) is 0 Å². The van der Waals surface area contributed by atoms with Gasteiger partial charge in [0.2, 0.25) is 0 Å². The fraction of sp³-hybridized carbons (Fsp3) is 0.579. The number of carboxylic acid groups (broad SMARTS) is 1. The number of fused-ring (bicyclic) bond motifs is 2. The Morgan fingerprint density at radius 3 is 1.92 bits per heavy atom. The Labute approximate surface area is 313 Å². The van der Waals surface area contributed by atoms with Gasteiger partial charge in [-0.1, -0.05) is 48.6 Å². The minimum absolute atomic E-state index is 0.0153. The van der Waals surface area contributed by atoms with E-state index in [9.17, 15) is 50.8 Å². The number of carbonyl (C=O) groups is 1. The standard InChI is InChI=1S/C38H56O12.Mg/c39-28-14-12-10-8-6-4-2-1-3-5-7-9-11-13-15-29(40)26-36-33(37(46)47)18-21-38(48,50-36)27-32(43)25-35(45)34(44)17-16-30(41)24-31(42)20-23-49-22-19-28;/h1-13,15,28-36,39-45,48H,14,16-22,24-27H2,(H,46,47);/b3-1+,4-2+,7-5+,8-6+,11-9+,12-10+,15-13+;/t28?,29?,30?,31?,32?,33-,34-,35?,36?,38?;/m1./s1. The summed E-state index contributed by atoms with van der Waals surface area (Å²) in [6.45, 7) is 0.279. The Hall–Kier alpha value is -2.27. The van der Waals surface area contributed by atoms with Gasteiger partial charge in [0.25, 0.3) is 0 Å². The van der Waals surface area contributed by atoms with Crippen molar-refractivity contribution in [2.24, 2.45) is 5.92 Å². The van der Waals surface area contributed by atoms with Crippen LogP contribution >= 0.6 is 0 Å². The molecular weight excluding hydrogens is 673 g/mol. The van der Waals surface area contributed by atoms with Crippen molar-refractivity contribution >= 4 is 31.0 Å². The predicted molar refractivity (Wildman–Crippen MR) is 194 cm³/mol. The summed E-state index contributed by atoms with van der Waals surface area (Å²) in [7, 11) is 0. The first-order valence-electron chi connectivity index (χ1n) is 17.6. The van der Waals surface area contributed by atoms with E-state index in [2.05, 4.69) is 0 Å². The molecule has 0 aliphatic carbocycles.